The van der Waals surface area contributed by atoms with E-state index in [1.807, 2.05) is 0 Å². The first-order valence-corrected chi connectivity index (χ1v) is 5.39. The van der Waals surface area contributed by atoms with E-state index in [9.17, 15) is 13.2 Å². The Labute approximate surface area is 88.0 Å². The predicted molar refractivity (Wildman–Crippen MR) is 51.4 cm³/mol. The molecular formula is C10H18F3NO. The van der Waals surface area contributed by atoms with Crippen LogP contribution in [0.5, 0.6) is 0 Å². The lowest BCUT2D eigenvalue weighted by Gasteiger charge is -2.27. The van der Waals surface area contributed by atoms with E-state index in [4.69, 9.17) is 10.5 Å². The Hall–Kier alpha value is -0.290. The first-order chi connectivity index (χ1) is 6.99. The van der Waals surface area contributed by atoms with Crippen LogP contribution in [0.15, 0.2) is 0 Å². The van der Waals surface area contributed by atoms with Crippen molar-refractivity contribution in [2.75, 3.05) is 13.2 Å². The summed E-state index contributed by atoms with van der Waals surface area (Å²) < 4.78 is 40.9. The maximum atomic E-state index is 11.9. The van der Waals surface area contributed by atoms with Crippen LogP contribution >= 0.6 is 0 Å². The number of alkyl halides is 3. The Kier molecular flexibility index (Phi) is 4.86. The van der Waals surface area contributed by atoms with E-state index >= 15 is 0 Å². The number of ether oxygens (including phenoxy) is 1. The number of nitrogens with two attached hydrogens (primary N) is 1. The highest BCUT2D eigenvalue weighted by Gasteiger charge is 2.27. The molecule has 0 aromatic carbocycles. The van der Waals surface area contributed by atoms with Crippen LogP contribution in [0.3, 0.4) is 0 Å². The zero-order valence-corrected chi connectivity index (χ0v) is 8.72. The summed E-state index contributed by atoms with van der Waals surface area (Å²) in [5.41, 5.74) is 5.83. The van der Waals surface area contributed by atoms with Crippen LogP contribution in [0.1, 0.15) is 32.1 Å². The van der Waals surface area contributed by atoms with Crippen molar-refractivity contribution in [3.05, 3.63) is 0 Å². The molecule has 0 saturated carbocycles. The Bertz CT molecular complexity index is 178. The third-order valence-corrected chi connectivity index (χ3v) is 2.80. The molecule has 0 aliphatic carbocycles. The summed E-state index contributed by atoms with van der Waals surface area (Å²) >= 11 is 0. The Morgan fingerprint density at radius 3 is 2.67 bits per heavy atom. The Morgan fingerprint density at radius 2 is 2.13 bits per heavy atom. The molecular weight excluding hydrogens is 207 g/mol. The second kappa shape index (κ2) is 5.70. The normalized spacial score (nSPS) is 25.2. The largest absolute Gasteiger partial charge is 0.389 e. The van der Waals surface area contributed by atoms with Crippen LogP contribution in [-0.2, 0) is 4.74 Å². The Balaban J connectivity index is 2.14. The highest BCUT2D eigenvalue weighted by Crippen LogP contribution is 2.25. The molecule has 0 bridgehead atoms. The van der Waals surface area contributed by atoms with E-state index in [0.717, 1.165) is 19.4 Å². The maximum absolute atomic E-state index is 11.9. The number of rotatable bonds is 4. The molecule has 1 rings (SSSR count). The number of hydrogen-bond acceptors (Lipinski definition) is 2. The predicted octanol–water partition coefficient (Wildman–Crippen LogP) is 2.47. The van der Waals surface area contributed by atoms with Gasteiger partial charge in [-0.25, -0.2) is 0 Å². The molecule has 15 heavy (non-hydrogen) atoms. The van der Waals surface area contributed by atoms with Crippen molar-refractivity contribution in [1.82, 2.24) is 0 Å². The maximum Gasteiger partial charge on any atom is 0.389 e. The molecule has 2 atom stereocenters. The van der Waals surface area contributed by atoms with Gasteiger partial charge in [-0.05, 0) is 31.6 Å². The van der Waals surface area contributed by atoms with Crippen LogP contribution in [0, 0.1) is 5.92 Å². The van der Waals surface area contributed by atoms with Gasteiger partial charge in [-0.3, -0.25) is 0 Å². The molecule has 0 amide bonds. The standard InChI is InChI=1S/C10H18F3NO/c11-10(12,13)5-1-4-9(14)8-3-2-6-15-7-8/h8-9H,1-7,14H2. The molecule has 0 spiro atoms. The lowest BCUT2D eigenvalue weighted by Crippen LogP contribution is -2.35. The SMILES string of the molecule is NC(CCCC(F)(F)F)C1CCCOC1. The third kappa shape index (κ3) is 5.37. The van der Waals surface area contributed by atoms with Gasteiger partial charge in [-0.15, -0.1) is 0 Å². The van der Waals surface area contributed by atoms with E-state index in [1.165, 1.54) is 0 Å². The summed E-state index contributed by atoms with van der Waals surface area (Å²) in [4.78, 5) is 0. The van der Waals surface area contributed by atoms with Gasteiger partial charge in [0.05, 0.1) is 6.61 Å². The average molecular weight is 225 g/mol. The quantitative estimate of drug-likeness (QED) is 0.797. The molecule has 5 heteroatoms. The molecule has 1 saturated heterocycles. The number of hydrogen-bond donors (Lipinski definition) is 1. The molecule has 1 heterocycles. The minimum Gasteiger partial charge on any atom is -0.381 e. The van der Waals surface area contributed by atoms with E-state index in [0.29, 0.717) is 13.0 Å². The van der Waals surface area contributed by atoms with E-state index in [-0.39, 0.29) is 18.4 Å². The average Bonchev–Trinajstić information content (AvgIpc) is 2.17. The van der Waals surface area contributed by atoms with Crippen molar-refractivity contribution >= 4 is 0 Å². The number of halogens is 3. The van der Waals surface area contributed by atoms with Gasteiger partial charge < -0.3 is 10.5 Å². The fraction of sp³-hybridized carbons (Fsp3) is 1.00. The monoisotopic (exact) mass is 225 g/mol. The summed E-state index contributed by atoms with van der Waals surface area (Å²) in [6, 6.07) is -0.146. The van der Waals surface area contributed by atoms with Gasteiger partial charge in [0.1, 0.15) is 0 Å². The zero-order chi connectivity index (χ0) is 11.3. The highest BCUT2D eigenvalue weighted by atomic mass is 19.4. The van der Waals surface area contributed by atoms with Gasteiger partial charge in [0.15, 0.2) is 0 Å². The summed E-state index contributed by atoms with van der Waals surface area (Å²) in [5, 5.41) is 0. The molecule has 2 nitrogen and oxygen atoms in total. The fourth-order valence-electron chi connectivity index (χ4n) is 1.88. The van der Waals surface area contributed by atoms with Crippen LogP contribution in [-0.4, -0.2) is 25.4 Å². The minimum atomic E-state index is -4.05. The first kappa shape index (κ1) is 12.8. The lowest BCUT2D eigenvalue weighted by molar-refractivity contribution is -0.136. The smallest absolute Gasteiger partial charge is 0.381 e. The second-order valence-corrected chi connectivity index (χ2v) is 4.15. The van der Waals surface area contributed by atoms with Crippen molar-refractivity contribution in [3.63, 3.8) is 0 Å². The van der Waals surface area contributed by atoms with Crippen molar-refractivity contribution in [2.45, 2.75) is 44.3 Å². The van der Waals surface area contributed by atoms with E-state index in [1.54, 1.807) is 0 Å². The van der Waals surface area contributed by atoms with Crippen LogP contribution < -0.4 is 5.73 Å². The van der Waals surface area contributed by atoms with E-state index in [2.05, 4.69) is 0 Å². The summed E-state index contributed by atoms with van der Waals surface area (Å²) in [6.07, 6.45) is -2.27. The fourth-order valence-corrected chi connectivity index (χ4v) is 1.88. The summed E-state index contributed by atoms with van der Waals surface area (Å²) in [5.74, 6) is 0.243. The molecule has 0 radical (unpaired) electrons. The van der Waals surface area contributed by atoms with Crippen molar-refractivity contribution in [1.29, 1.82) is 0 Å². The summed E-state index contributed by atoms with van der Waals surface area (Å²) in [7, 11) is 0. The molecule has 90 valence electrons. The van der Waals surface area contributed by atoms with Gasteiger partial charge >= 0.3 is 6.18 Å². The van der Waals surface area contributed by atoms with Crippen molar-refractivity contribution in [2.24, 2.45) is 11.7 Å². The summed E-state index contributed by atoms with van der Waals surface area (Å²) in [6.45, 7) is 1.36. The molecule has 0 aromatic heterocycles. The molecule has 1 aliphatic rings. The molecule has 1 aliphatic heterocycles. The van der Waals surface area contributed by atoms with Gasteiger partial charge in [0.25, 0.3) is 0 Å². The molecule has 2 N–H and O–H groups in total. The zero-order valence-electron chi connectivity index (χ0n) is 8.72. The van der Waals surface area contributed by atoms with Gasteiger partial charge in [-0.2, -0.15) is 13.2 Å². The lowest BCUT2D eigenvalue weighted by atomic mass is 9.91. The van der Waals surface area contributed by atoms with Crippen molar-refractivity contribution in [3.8, 4) is 0 Å². The van der Waals surface area contributed by atoms with Gasteiger partial charge in [-0.1, -0.05) is 0 Å². The van der Waals surface area contributed by atoms with Crippen molar-refractivity contribution < 1.29 is 17.9 Å². The Morgan fingerprint density at radius 1 is 1.40 bits per heavy atom. The van der Waals surface area contributed by atoms with Gasteiger partial charge in [0, 0.05) is 19.1 Å². The van der Waals surface area contributed by atoms with Crippen LogP contribution in [0.4, 0.5) is 13.2 Å². The molecule has 2 unspecified atom stereocenters. The topological polar surface area (TPSA) is 35.2 Å². The molecule has 1 fully saturated rings. The highest BCUT2D eigenvalue weighted by molar-refractivity contribution is 4.75. The third-order valence-electron chi connectivity index (χ3n) is 2.80. The second-order valence-electron chi connectivity index (χ2n) is 4.15. The molecule has 0 aromatic rings. The first-order valence-electron chi connectivity index (χ1n) is 5.39. The van der Waals surface area contributed by atoms with Crippen LogP contribution in [0.25, 0.3) is 0 Å². The van der Waals surface area contributed by atoms with Gasteiger partial charge in [0.2, 0.25) is 0 Å². The van der Waals surface area contributed by atoms with E-state index < -0.39 is 12.6 Å². The minimum absolute atomic E-state index is 0.126. The van der Waals surface area contributed by atoms with Crippen LogP contribution in [0.2, 0.25) is 0 Å².